The van der Waals surface area contributed by atoms with E-state index in [0.717, 1.165) is 4.90 Å². The van der Waals surface area contributed by atoms with E-state index in [4.69, 9.17) is 12.2 Å². The number of thiocarbonyl (C=S) groups is 1. The van der Waals surface area contributed by atoms with Gasteiger partial charge in [-0.15, -0.1) is 0 Å². The Bertz CT molecular complexity index is 580. The van der Waals surface area contributed by atoms with Gasteiger partial charge in [-0.1, -0.05) is 6.92 Å². The first-order valence-corrected chi connectivity index (χ1v) is 7.63. The van der Waals surface area contributed by atoms with Gasteiger partial charge in [-0.2, -0.15) is 0 Å². The summed E-state index contributed by atoms with van der Waals surface area (Å²) < 4.78 is 0. The highest BCUT2D eigenvalue weighted by atomic mass is 32.1. The van der Waals surface area contributed by atoms with Gasteiger partial charge in [0.15, 0.2) is 16.4 Å². The number of Topliss-reactive ketones (excluding diaryl/α,β-unsaturated/α-hetero) is 1. The first kappa shape index (κ1) is 16.7. The first-order chi connectivity index (χ1) is 10.0. The normalized spacial score (nSPS) is 32.2. The van der Waals surface area contributed by atoms with Crippen LogP contribution >= 0.6 is 12.2 Å². The van der Waals surface area contributed by atoms with Crippen LogP contribution < -0.4 is 5.32 Å². The lowest BCUT2D eigenvalue weighted by Crippen LogP contribution is -2.64. The summed E-state index contributed by atoms with van der Waals surface area (Å²) >= 11 is 5.29. The minimum absolute atomic E-state index is 0.242. The second kappa shape index (κ2) is 4.91. The molecule has 2 aliphatic rings. The smallest absolute Gasteiger partial charge is 0.330 e. The molecule has 2 rings (SSSR count). The number of amides is 3. The molecule has 2 fully saturated rings. The van der Waals surface area contributed by atoms with Crippen LogP contribution in [0, 0.1) is 5.92 Å². The van der Waals surface area contributed by atoms with Crippen LogP contribution in [0.25, 0.3) is 0 Å². The second-order valence-electron chi connectivity index (χ2n) is 6.17. The van der Waals surface area contributed by atoms with Crippen LogP contribution in [0.4, 0.5) is 4.79 Å². The maximum Gasteiger partial charge on any atom is 0.330 e. The van der Waals surface area contributed by atoms with Crippen LogP contribution in [0.5, 0.6) is 0 Å². The fraction of sp³-hybridized carbons (Fsp3) is 0.714. The van der Waals surface area contributed by atoms with Crippen molar-refractivity contribution in [2.45, 2.75) is 45.4 Å². The van der Waals surface area contributed by atoms with E-state index in [9.17, 15) is 14.4 Å². The Morgan fingerprint density at radius 1 is 1.27 bits per heavy atom. The number of hydrogen-bond acceptors (Lipinski definition) is 4. The Morgan fingerprint density at radius 3 is 2.27 bits per heavy atom. The van der Waals surface area contributed by atoms with Gasteiger partial charge in [0, 0.05) is 14.1 Å². The summed E-state index contributed by atoms with van der Waals surface area (Å²) in [4.78, 5) is 41.7. The molecule has 0 bridgehead atoms. The Balaban J connectivity index is 2.54. The number of carbonyl (C=O) groups excluding carboxylic acids is 3. The number of hydrogen-bond donors (Lipinski definition) is 1. The molecule has 0 aromatic rings. The minimum atomic E-state index is -1.02. The molecule has 7 nitrogen and oxygen atoms in total. The van der Waals surface area contributed by atoms with Crippen molar-refractivity contribution in [2.75, 3.05) is 14.1 Å². The number of likely N-dealkylation sites (N-methyl/N-ethyl adjacent to an activating group) is 2. The zero-order chi connectivity index (χ0) is 17.0. The fourth-order valence-corrected chi connectivity index (χ4v) is 3.76. The van der Waals surface area contributed by atoms with Crippen molar-refractivity contribution >= 4 is 35.1 Å². The number of ketones is 1. The van der Waals surface area contributed by atoms with Gasteiger partial charge in [0.25, 0.3) is 0 Å². The average Bonchev–Trinajstić information content (AvgIpc) is 2.68. The second-order valence-corrected chi connectivity index (χ2v) is 6.56. The molecule has 1 unspecified atom stereocenters. The summed E-state index contributed by atoms with van der Waals surface area (Å²) in [6, 6.07) is -0.434. The third kappa shape index (κ3) is 1.73. The maximum atomic E-state index is 12.8. The monoisotopic (exact) mass is 326 g/mol. The lowest BCUT2D eigenvalue weighted by Gasteiger charge is -2.41. The molecule has 22 heavy (non-hydrogen) atoms. The molecule has 0 aromatic heterocycles. The average molecular weight is 326 g/mol. The summed E-state index contributed by atoms with van der Waals surface area (Å²) in [5.74, 6) is -1.55. The van der Waals surface area contributed by atoms with Crippen molar-refractivity contribution in [1.29, 1.82) is 0 Å². The van der Waals surface area contributed by atoms with Crippen LogP contribution in [-0.4, -0.2) is 63.0 Å². The number of nitrogens with one attached hydrogen (secondary N) is 1. The quantitative estimate of drug-likeness (QED) is 0.609. The summed E-state index contributed by atoms with van der Waals surface area (Å²) in [6.07, 6.45) is 0.356. The minimum Gasteiger partial charge on any atom is -0.336 e. The van der Waals surface area contributed by atoms with Gasteiger partial charge in [-0.3, -0.25) is 9.59 Å². The van der Waals surface area contributed by atoms with E-state index in [1.165, 1.54) is 11.8 Å². The number of nitrogens with zero attached hydrogens (tertiary/aromatic N) is 3. The SMILES string of the molecule is CCC(C(C)=O)C(=O)N1C(=O)N(C)[C@]2(C)N(C)C(=S)N[C@]12C. The molecule has 0 radical (unpaired) electrons. The molecule has 0 saturated carbocycles. The molecular weight excluding hydrogens is 304 g/mol. The molecular formula is C14H22N4O3S. The van der Waals surface area contributed by atoms with Gasteiger partial charge in [-0.05, 0) is 39.4 Å². The molecule has 0 aliphatic carbocycles. The molecule has 0 spiro atoms. The zero-order valence-corrected chi connectivity index (χ0v) is 14.6. The summed E-state index contributed by atoms with van der Waals surface area (Å²) in [6.45, 7) is 6.74. The number of imide groups is 1. The Kier molecular flexibility index (Phi) is 3.72. The molecule has 8 heteroatoms. The van der Waals surface area contributed by atoms with Gasteiger partial charge < -0.3 is 15.1 Å². The zero-order valence-electron chi connectivity index (χ0n) is 13.8. The molecule has 3 amide bonds. The topological polar surface area (TPSA) is 73.0 Å². The van der Waals surface area contributed by atoms with Gasteiger partial charge in [0.1, 0.15) is 5.78 Å². The summed E-state index contributed by atoms with van der Waals surface area (Å²) in [7, 11) is 3.41. The highest BCUT2D eigenvalue weighted by molar-refractivity contribution is 7.80. The number of urea groups is 1. The predicted molar refractivity (Wildman–Crippen MR) is 84.8 cm³/mol. The lowest BCUT2D eigenvalue weighted by atomic mass is 9.94. The van der Waals surface area contributed by atoms with Crippen LogP contribution in [0.1, 0.15) is 34.1 Å². The largest absolute Gasteiger partial charge is 0.336 e. The van der Waals surface area contributed by atoms with Gasteiger partial charge in [-0.25, -0.2) is 9.69 Å². The Labute approximate surface area is 135 Å². The van der Waals surface area contributed by atoms with Crippen LogP contribution in [0.2, 0.25) is 0 Å². The lowest BCUT2D eigenvalue weighted by molar-refractivity contribution is -0.142. The molecule has 122 valence electrons. The van der Waals surface area contributed by atoms with E-state index >= 15 is 0 Å². The molecule has 2 aliphatic heterocycles. The Morgan fingerprint density at radius 2 is 1.82 bits per heavy atom. The van der Waals surface area contributed by atoms with Gasteiger partial charge in [0.05, 0.1) is 5.92 Å². The number of fused-ring (bicyclic) bond motifs is 1. The molecule has 2 heterocycles. The van der Waals surface area contributed by atoms with Crippen LogP contribution in [-0.2, 0) is 9.59 Å². The van der Waals surface area contributed by atoms with Crippen molar-refractivity contribution < 1.29 is 14.4 Å². The maximum absolute atomic E-state index is 12.8. The van der Waals surface area contributed by atoms with E-state index in [1.54, 1.807) is 32.8 Å². The van der Waals surface area contributed by atoms with Crippen molar-refractivity contribution in [3.05, 3.63) is 0 Å². The molecule has 0 aromatic carbocycles. The first-order valence-electron chi connectivity index (χ1n) is 7.22. The third-order valence-corrected chi connectivity index (χ3v) is 5.60. The van der Waals surface area contributed by atoms with Gasteiger partial charge in [0.2, 0.25) is 5.91 Å². The highest BCUT2D eigenvalue weighted by Gasteiger charge is 2.70. The van der Waals surface area contributed by atoms with E-state index < -0.39 is 29.2 Å². The third-order valence-electron chi connectivity index (χ3n) is 5.23. The van der Waals surface area contributed by atoms with E-state index in [2.05, 4.69) is 5.32 Å². The van der Waals surface area contributed by atoms with Crippen LogP contribution in [0.3, 0.4) is 0 Å². The predicted octanol–water partition coefficient (Wildman–Crippen LogP) is 0.748. The number of carbonyl (C=O) groups is 3. The van der Waals surface area contributed by atoms with Crippen molar-refractivity contribution in [1.82, 2.24) is 20.0 Å². The Hall–Kier alpha value is -1.70. The standard InChI is InChI=1S/C14H22N4O3S/c1-7-9(8(2)19)10(20)18-12(21)17(6)14(4)13(18,3)15-11(22)16(14)5/h9H,7H2,1-6H3,(H,15,22)/t9?,13-,14+/m1/s1. The van der Waals surface area contributed by atoms with E-state index in [0.29, 0.717) is 11.5 Å². The summed E-state index contributed by atoms with van der Waals surface area (Å²) in [5.41, 5.74) is -1.84. The van der Waals surface area contributed by atoms with Crippen molar-refractivity contribution in [3.8, 4) is 0 Å². The van der Waals surface area contributed by atoms with Gasteiger partial charge >= 0.3 is 6.03 Å². The molecule has 3 atom stereocenters. The molecule has 2 saturated heterocycles. The summed E-state index contributed by atoms with van der Waals surface area (Å²) in [5, 5.41) is 3.54. The van der Waals surface area contributed by atoms with E-state index in [1.807, 2.05) is 6.92 Å². The van der Waals surface area contributed by atoms with Crippen molar-refractivity contribution in [3.63, 3.8) is 0 Å². The van der Waals surface area contributed by atoms with E-state index in [-0.39, 0.29) is 5.78 Å². The molecule has 1 N–H and O–H groups in total. The van der Waals surface area contributed by atoms with Crippen LogP contribution in [0.15, 0.2) is 0 Å². The highest BCUT2D eigenvalue weighted by Crippen LogP contribution is 2.45. The van der Waals surface area contributed by atoms with Crippen molar-refractivity contribution in [2.24, 2.45) is 5.92 Å². The number of rotatable bonds is 3. The fourth-order valence-electron chi connectivity index (χ4n) is 3.39.